The Hall–Kier alpha value is -0.446. The summed E-state index contributed by atoms with van der Waals surface area (Å²) in [5.41, 5.74) is 0. The SMILES string of the molecule is COc1ccc(P(=O)([O-])[O-])cc1.[O]=[V+2]. The van der Waals surface area contributed by atoms with E-state index in [1.54, 1.807) is 0 Å². The molecule has 0 aliphatic rings. The van der Waals surface area contributed by atoms with Crippen molar-refractivity contribution in [1.29, 1.82) is 0 Å². The van der Waals surface area contributed by atoms with Crippen molar-refractivity contribution < 1.29 is 40.1 Å². The minimum absolute atomic E-state index is 0.219. The molecule has 0 bridgehead atoms. The number of benzene rings is 1. The van der Waals surface area contributed by atoms with E-state index in [1.165, 1.54) is 31.4 Å². The van der Waals surface area contributed by atoms with Crippen LogP contribution in [0.1, 0.15) is 0 Å². The average Bonchev–Trinajstić information content (AvgIpc) is 2.20. The summed E-state index contributed by atoms with van der Waals surface area (Å²) in [5, 5.41) is -0.219. The predicted molar refractivity (Wildman–Crippen MR) is 40.9 cm³/mol. The second-order valence-electron chi connectivity index (χ2n) is 2.20. The second-order valence-corrected chi connectivity index (χ2v) is 3.71. The number of rotatable bonds is 2. The summed E-state index contributed by atoms with van der Waals surface area (Å²) in [6.45, 7) is 0. The van der Waals surface area contributed by atoms with Crippen molar-refractivity contribution in [3.63, 3.8) is 0 Å². The van der Waals surface area contributed by atoms with Crippen LogP contribution in [0.25, 0.3) is 0 Å². The van der Waals surface area contributed by atoms with Gasteiger partial charge in [0.1, 0.15) is 5.75 Å². The zero-order valence-corrected chi connectivity index (χ0v) is 9.54. The Balaban J connectivity index is 0.000000791. The van der Waals surface area contributed by atoms with Crippen LogP contribution >= 0.6 is 7.60 Å². The van der Waals surface area contributed by atoms with E-state index in [0.29, 0.717) is 5.75 Å². The fraction of sp³-hybridized carbons (Fsp3) is 0.143. The molecule has 0 fully saturated rings. The molecule has 1 rings (SSSR count). The summed E-state index contributed by atoms with van der Waals surface area (Å²) in [7, 11) is -3.14. The van der Waals surface area contributed by atoms with Gasteiger partial charge < -0.3 is 19.1 Å². The molecule has 0 aliphatic heterocycles. The quantitative estimate of drug-likeness (QED) is 0.638. The van der Waals surface area contributed by atoms with Crippen LogP contribution < -0.4 is 19.8 Å². The number of hydrogen-bond acceptors (Lipinski definition) is 5. The monoisotopic (exact) mass is 253 g/mol. The van der Waals surface area contributed by atoms with Gasteiger partial charge in [0.25, 0.3) is 0 Å². The van der Waals surface area contributed by atoms with Gasteiger partial charge in [-0.15, -0.1) is 0 Å². The van der Waals surface area contributed by atoms with E-state index in [2.05, 4.69) is 0 Å². The molecule has 0 amide bonds. The molecule has 1 aromatic rings. The molecule has 0 unspecified atom stereocenters. The van der Waals surface area contributed by atoms with Gasteiger partial charge in [-0.25, -0.2) is 0 Å². The van der Waals surface area contributed by atoms with Crippen LogP contribution in [0.3, 0.4) is 0 Å². The van der Waals surface area contributed by atoms with Gasteiger partial charge in [0.05, 0.1) is 7.11 Å². The third kappa shape index (κ3) is 4.18. The summed E-state index contributed by atoms with van der Waals surface area (Å²) in [6, 6.07) is 5.30. The molecule has 7 heteroatoms. The van der Waals surface area contributed by atoms with Crippen LogP contribution in [-0.4, -0.2) is 7.11 Å². The number of hydrogen-bond donors (Lipinski definition) is 0. The van der Waals surface area contributed by atoms with Crippen molar-refractivity contribution >= 4 is 12.9 Å². The molecule has 0 N–H and O–H groups in total. The van der Waals surface area contributed by atoms with Crippen molar-refractivity contribution in [2.45, 2.75) is 0 Å². The van der Waals surface area contributed by atoms with Crippen molar-refractivity contribution in [3.05, 3.63) is 24.3 Å². The van der Waals surface area contributed by atoms with Gasteiger partial charge in [-0.2, -0.15) is 0 Å². The van der Waals surface area contributed by atoms with E-state index in [4.69, 9.17) is 8.41 Å². The molecule has 0 aromatic heterocycles. The zero-order valence-electron chi connectivity index (χ0n) is 7.25. The van der Waals surface area contributed by atoms with Gasteiger partial charge in [0, 0.05) is 0 Å². The normalized spacial score (nSPS) is 10.1. The van der Waals surface area contributed by atoms with E-state index in [1.807, 2.05) is 0 Å². The Morgan fingerprint density at radius 2 is 1.64 bits per heavy atom. The first-order valence-electron chi connectivity index (χ1n) is 3.39. The first-order chi connectivity index (χ1) is 6.54. The molecule has 0 spiro atoms. The molecule has 0 aliphatic carbocycles. The third-order valence-electron chi connectivity index (χ3n) is 1.39. The van der Waals surface area contributed by atoms with Gasteiger partial charge in [-0.05, 0) is 25.0 Å². The maximum absolute atomic E-state index is 10.5. The second kappa shape index (κ2) is 6.12. The average molecular weight is 253 g/mol. The third-order valence-corrected chi connectivity index (χ3v) is 2.32. The molecule has 0 atom stereocenters. The Morgan fingerprint density at radius 3 is 1.93 bits per heavy atom. The van der Waals surface area contributed by atoms with E-state index >= 15 is 0 Å². The minimum atomic E-state index is -4.60. The predicted octanol–water partition coefficient (Wildman–Crippen LogP) is -0.887. The summed E-state index contributed by atoms with van der Waals surface area (Å²) in [4.78, 5) is 20.9. The van der Waals surface area contributed by atoms with Crippen LogP contribution in [0.2, 0.25) is 0 Å². The molecule has 0 heterocycles. The van der Waals surface area contributed by atoms with Crippen molar-refractivity contribution in [3.8, 4) is 5.75 Å². The number of ether oxygens (including phenoxy) is 1. The van der Waals surface area contributed by atoms with Gasteiger partial charge >= 0.3 is 21.0 Å². The van der Waals surface area contributed by atoms with Crippen LogP contribution in [0.15, 0.2) is 24.3 Å². The fourth-order valence-electron chi connectivity index (χ4n) is 0.765. The van der Waals surface area contributed by atoms with Crippen molar-refractivity contribution in [1.82, 2.24) is 0 Å². The van der Waals surface area contributed by atoms with Crippen molar-refractivity contribution in [2.24, 2.45) is 0 Å². The molecular weight excluding hydrogens is 246 g/mol. The molecule has 14 heavy (non-hydrogen) atoms. The Morgan fingerprint density at radius 1 is 1.21 bits per heavy atom. The Labute approximate surface area is 90.5 Å². The Kier molecular flexibility index (Phi) is 5.92. The summed E-state index contributed by atoms with van der Waals surface area (Å²) < 4.78 is 23.4. The maximum atomic E-state index is 10.5. The first-order valence-corrected chi connectivity index (χ1v) is 5.50. The van der Waals surface area contributed by atoms with Gasteiger partial charge in [0.15, 0.2) is 0 Å². The molecular formula is C7H7O5PV. The van der Waals surface area contributed by atoms with Gasteiger partial charge in [-0.3, -0.25) is 0 Å². The van der Waals surface area contributed by atoms with Crippen molar-refractivity contribution in [2.75, 3.05) is 7.11 Å². The standard InChI is InChI=1S/C7H9O4P.O.V/c1-11-6-2-4-7(5-3-6)12(8,9)10;;/h2-5H,1H3,(H2,8,9,10);;/q;;+2/p-2. The molecule has 0 saturated heterocycles. The zero-order chi connectivity index (χ0) is 11.2. The molecule has 1 aromatic carbocycles. The summed E-state index contributed by atoms with van der Waals surface area (Å²) >= 11 is 1.06. The fourth-order valence-corrected chi connectivity index (χ4v) is 1.28. The summed E-state index contributed by atoms with van der Waals surface area (Å²) in [5.74, 6) is 0.521. The molecule has 0 saturated carbocycles. The van der Waals surface area contributed by atoms with Crippen LogP contribution in [0.4, 0.5) is 0 Å². The van der Waals surface area contributed by atoms with E-state index in [-0.39, 0.29) is 5.30 Å². The van der Waals surface area contributed by atoms with Crippen LogP contribution in [-0.2, 0) is 25.6 Å². The van der Waals surface area contributed by atoms with Gasteiger partial charge in [0.2, 0.25) is 0 Å². The first kappa shape index (κ1) is 13.6. The molecule has 75 valence electrons. The Bertz CT molecular complexity index is 319. The van der Waals surface area contributed by atoms with Crippen LogP contribution in [0, 0.1) is 0 Å². The van der Waals surface area contributed by atoms with E-state index in [9.17, 15) is 14.4 Å². The van der Waals surface area contributed by atoms with E-state index < -0.39 is 7.60 Å². The van der Waals surface area contributed by atoms with Crippen LogP contribution in [0.5, 0.6) is 5.75 Å². The molecule has 0 radical (unpaired) electrons. The topological polar surface area (TPSA) is 89.5 Å². The van der Waals surface area contributed by atoms with E-state index in [0.717, 1.165) is 17.4 Å². The number of methoxy groups -OCH3 is 1. The summed E-state index contributed by atoms with van der Waals surface area (Å²) in [6.07, 6.45) is 0. The molecule has 5 nitrogen and oxygen atoms in total. The van der Waals surface area contributed by atoms with Gasteiger partial charge in [-0.1, -0.05) is 12.1 Å².